The lowest BCUT2D eigenvalue weighted by Crippen LogP contribution is -2.18. The molecule has 1 heterocycles. The number of para-hydroxylation sites is 1. The van der Waals surface area contributed by atoms with E-state index in [2.05, 4.69) is 10.4 Å². The Morgan fingerprint density at radius 2 is 1.96 bits per heavy atom. The maximum Gasteiger partial charge on any atom is 0.337 e. The average molecular weight is 365 g/mol. The maximum atomic E-state index is 12.4. The molecule has 1 amide bonds. The first kappa shape index (κ1) is 18.3. The van der Waals surface area contributed by atoms with Crippen LogP contribution in [-0.4, -0.2) is 28.8 Å². The van der Waals surface area contributed by atoms with Gasteiger partial charge in [-0.2, -0.15) is 5.10 Å². The summed E-state index contributed by atoms with van der Waals surface area (Å²) in [5.74, 6) is -0.681. The van der Waals surface area contributed by atoms with Crippen molar-refractivity contribution in [1.29, 1.82) is 0 Å². The first-order valence-corrected chi connectivity index (χ1v) is 8.43. The molecule has 0 aliphatic heterocycles. The number of benzene rings is 2. The van der Waals surface area contributed by atoms with Gasteiger partial charge in [-0.15, -0.1) is 0 Å². The Hall–Kier alpha value is -3.48. The molecule has 7 heteroatoms. The summed E-state index contributed by atoms with van der Waals surface area (Å²) < 4.78 is 6.34. The van der Waals surface area contributed by atoms with Crippen LogP contribution < -0.4 is 10.7 Å². The monoisotopic (exact) mass is 365 g/mol. The van der Waals surface area contributed by atoms with Crippen molar-refractivity contribution in [3.05, 3.63) is 70.0 Å². The zero-order chi connectivity index (χ0) is 19.4. The summed E-state index contributed by atoms with van der Waals surface area (Å²) in [4.78, 5) is 35.9. The van der Waals surface area contributed by atoms with Crippen LogP contribution in [0.5, 0.6) is 0 Å². The van der Waals surface area contributed by atoms with Crippen LogP contribution in [0.2, 0.25) is 0 Å². The number of hydrogen-bond donors (Lipinski definition) is 1. The Morgan fingerprint density at radius 3 is 2.74 bits per heavy atom. The van der Waals surface area contributed by atoms with Crippen molar-refractivity contribution in [2.45, 2.75) is 19.9 Å². The second-order valence-corrected chi connectivity index (χ2v) is 6.07. The molecule has 0 saturated carbocycles. The summed E-state index contributed by atoms with van der Waals surface area (Å²) in [6, 6.07) is 12.1. The minimum atomic E-state index is -0.463. The Labute approximate surface area is 155 Å². The van der Waals surface area contributed by atoms with Gasteiger partial charge in [0.1, 0.15) is 0 Å². The van der Waals surface area contributed by atoms with Crippen molar-refractivity contribution in [3.63, 3.8) is 0 Å². The average Bonchev–Trinajstić information content (AvgIpc) is 2.69. The molecule has 0 aliphatic carbocycles. The first-order chi connectivity index (χ1) is 13.0. The zero-order valence-corrected chi connectivity index (χ0v) is 15.1. The highest BCUT2D eigenvalue weighted by atomic mass is 16.5. The van der Waals surface area contributed by atoms with E-state index in [-0.39, 0.29) is 17.8 Å². The molecule has 0 unspecified atom stereocenters. The molecule has 0 aliphatic rings. The van der Waals surface area contributed by atoms with E-state index >= 15 is 0 Å². The normalized spacial score (nSPS) is 10.6. The standard InChI is InChI=1S/C20H19N3O4/c1-13-7-8-14(20(26)27-2)11-16(13)22-19(25)9-10-23-17-6-4-3-5-15(17)18(24)12-21-23/h3-8,11-12H,9-10H2,1-2H3,(H,22,25). The first-order valence-electron chi connectivity index (χ1n) is 8.43. The molecule has 1 N–H and O–H groups in total. The largest absolute Gasteiger partial charge is 0.465 e. The number of aryl methyl sites for hydroxylation is 2. The van der Waals surface area contributed by atoms with Crippen molar-refractivity contribution in [2.24, 2.45) is 0 Å². The van der Waals surface area contributed by atoms with Gasteiger partial charge in [0.2, 0.25) is 11.3 Å². The van der Waals surface area contributed by atoms with Gasteiger partial charge in [0.05, 0.1) is 30.9 Å². The van der Waals surface area contributed by atoms with Crippen LogP contribution in [0.4, 0.5) is 5.69 Å². The lowest BCUT2D eigenvalue weighted by atomic mass is 10.1. The van der Waals surface area contributed by atoms with Gasteiger partial charge < -0.3 is 10.1 Å². The number of fused-ring (bicyclic) bond motifs is 1. The summed E-state index contributed by atoms with van der Waals surface area (Å²) >= 11 is 0. The second-order valence-electron chi connectivity index (χ2n) is 6.07. The fourth-order valence-electron chi connectivity index (χ4n) is 2.76. The number of ether oxygens (including phenoxy) is 1. The topological polar surface area (TPSA) is 90.3 Å². The number of rotatable bonds is 5. The summed E-state index contributed by atoms with van der Waals surface area (Å²) in [7, 11) is 1.31. The summed E-state index contributed by atoms with van der Waals surface area (Å²) in [6.07, 6.45) is 1.42. The number of esters is 1. The van der Waals surface area contributed by atoms with Crippen molar-refractivity contribution in [3.8, 4) is 0 Å². The molecule has 7 nitrogen and oxygen atoms in total. The van der Waals surface area contributed by atoms with E-state index in [4.69, 9.17) is 4.74 Å². The van der Waals surface area contributed by atoms with Crippen LogP contribution in [0.1, 0.15) is 22.3 Å². The number of nitrogens with one attached hydrogen (secondary N) is 1. The molecule has 3 rings (SSSR count). The van der Waals surface area contributed by atoms with Crippen LogP contribution in [0.25, 0.3) is 10.9 Å². The maximum absolute atomic E-state index is 12.4. The molecule has 0 atom stereocenters. The Balaban J connectivity index is 1.74. The number of methoxy groups -OCH3 is 1. The molecule has 0 spiro atoms. The number of anilines is 1. The van der Waals surface area contributed by atoms with Gasteiger partial charge in [-0.05, 0) is 36.8 Å². The van der Waals surface area contributed by atoms with Crippen LogP contribution in [0.3, 0.4) is 0 Å². The summed E-state index contributed by atoms with van der Waals surface area (Å²) in [5.41, 5.74) is 2.29. The van der Waals surface area contributed by atoms with E-state index in [0.29, 0.717) is 28.7 Å². The fraction of sp³-hybridized carbons (Fsp3) is 0.200. The van der Waals surface area contributed by atoms with Gasteiger partial charge in [-0.3, -0.25) is 14.3 Å². The molecule has 0 saturated heterocycles. The minimum Gasteiger partial charge on any atom is -0.465 e. The highest BCUT2D eigenvalue weighted by Gasteiger charge is 2.11. The van der Waals surface area contributed by atoms with Gasteiger partial charge >= 0.3 is 5.97 Å². The molecule has 0 radical (unpaired) electrons. The van der Waals surface area contributed by atoms with Gasteiger partial charge in [-0.25, -0.2) is 4.79 Å². The summed E-state index contributed by atoms with van der Waals surface area (Å²) in [6.45, 7) is 2.16. The highest BCUT2D eigenvalue weighted by molar-refractivity contribution is 5.95. The molecule has 3 aromatic rings. The third-order valence-electron chi connectivity index (χ3n) is 4.25. The number of carbonyl (C=O) groups is 2. The van der Waals surface area contributed by atoms with Crippen LogP contribution in [0.15, 0.2) is 53.5 Å². The van der Waals surface area contributed by atoms with E-state index in [0.717, 1.165) is 5.56 Å². The third kappa shape index (κ3) is 4.03. The SMILES string of the molecule is COC(=O)c1ccc(C)c(NC(=O)CCn2ncc(=O)c3ccccc32)c1. The number of nitrogens with zero attached hydrogens (tertiary/aromatic N) is 2. The third-order valence-corrected chi connectivity index (χ3v) is 4.25. The van der Waals surface area contributed by atoms with Crippen molar-refractivity contribution >= 4 is 28.5 Å². The second kappa shape index (κ2) is 7.82. The molecule has 138 valence electrons. The number of carbonyl (C=O) groups excluding carboxylic acids is 2. The predicted octanol–water partition coefficient (Wildman–Crippen LogP) is 2.52. The highest BCUT2D eigenvalue weighted by Crippen LogP contribution is 2.18. The molecular formula is C20H19N3O4. The minimum absolute atomic E-state index is 0.151. The zero-order valence-electron chi connectivity index (χ0n) is 15.1. The molecule has 1 aromatic heterocycles. The van der Waals surface area contributed by atoms with E-state index < -0.39 is 5.97 Å². The van der Waals surface area contributed by atoms with Crippen LogP contribution in [0, 0.1) is 6.92 Å². The fourth-order valence-corrected chi connectivity index (χ4v) is 2.76. The van der Waals surface area contributed by atoms with Gasteiger partial charge in [-0.1, -0.05) is 18.2 Å². The van der Waals surface area contributed by atoms with E-state index in [9.17, 15) is 14.4 Å². The van der Waals surface area contributed by atoms with Gasteiger partial charge in [0.25, 0.3) is 0 Å². The van der Waals surface area contributed by atoms with E-state index in [1.54, 1.807) is 41.1 Å². The quantitative estimate of drug-likeness (QED) is 0.702. The van der Waals surface area contributed by atoms with Gasteiger partial charge in [0, 0.05) is 17.5 Å². The van der Waals surface area contributed by atoms with Crippen molar-refractivity contribution < 1.29 is 14.3 Å². The summed E-state index contributed by atoms with van der Waals surface area (Å²) in [5, 5.41) is 7.49. The molecule has 0 bridgehead atoms. The number of hydrogen-bond acceptors (Lipinski definition) is 5. The smallest absolute Gasteiger partial charge is 0.337 e. The molecule has 2 aromatic carbocycles. The lowest BCUT2D eigenvalue weighted by molar-refractivity contribution is -0.116. The van der Waals surface area contributed by atoms with E-state index in [1.165, 1.54) is 13.3 Å². The molecular weight excluding hydrogens is 346 g/mol. The van der Waals surface area contributed by atoms with Crippen LogP contribution in [-0.2, 0) is 16.1 Å². The molecule has 27 heavy (non-hydrogen) atoms. The lowest BCUT2D eigenvalue weighted by Gasteiger charge is -2.11. The van der Waals surface area contributed by atoms with Gasteiger partial charge in [0.15, 0.2) is 0 Å². The Bertz CT molecular complexity index is 1070. The number of aromatic nitrogens is 2. The number of amides is 1. The Kier molecular flexibility index (Phi) is 5.30. The van der Waals surface area contributed by atoms with E-state index in [1.807, 2.05) is 13.0 Å². The predicted molar refractivity (Wildman–Crippen MR) is 102 cm³/mol. The van der Waals surface area contributed by atoms with Crippen molar-refractivity contribution in [1.82, 2.24) is 9.78 Å². The Morgan fingerprint density at radius 1 is 1.19 bits per heavy atom. The van der Waals surface area contributed by atoms with Crippen LogP contribution >= 0.6 is 0 Å². The molecule has 0 fully saturated rings. The van der Waals surface area contributed by atoms with Crippen molar-refractivity contribution in [2.75, 3.05) is 12.4 Å².